The van der Waals surface area contributed by atoms with Crippen LogP contribution in [0.25, 0.3) is 0 Å². The number of rotatable bonds is 5. The zero-order valence-electron chi connectivity index (χ0n) is 8.56. The number of halogens is 3. The molecule has 1 aromatic rings. The van der Waals surface area contributed by atoms with Gasteiger partial charge in [0, 0.05) is 28.5 Å². The summed E-state index contributed by atoms with van der Waals surface area (Å²) in [6.07, 6.45) is 0.886. The van der Waals surface area contributed by atoms with Gasteiger partial charge in [0.15, 0.2) is 0 Å². The lowest BCUT2D eigenvalue weighted by Crippen LogP contribution is -2.26. The molecule has 4 heteroatoms. The van der Waals surface area contributed by atoms with Crippen molar-refractivity contribution >= 4 is 27.5 Å². The summed E-state index contributed by atoms with van der Waals surface area (Å²) < 4.78 is 14.2. The van der Waals surface area contributed by atoms with Gasteiger partial charge in [-0.25, -0.2) is 4.39 Å². The first-order valence-corrected chi connectivity index (χ1v) is 6.19. The van der Waals surface area contributed by atoms with Gasteiger partial charge in [0.2, 0.25) is 0 Å². The van der Waals surface area contributed by atoms with Gasteiger partial charge in [-0.3, -0.25) is 0 Å². The maximum Gasteiger partial charge on any atom is 0.127 e. The largest absolute Gasteiger partial charge is 0.310 e. The van der Waals surface area contributed by atoms with E-state index in [1.54, 1.807) is 12.1 Å². The van der Waals surface area contributed by atoms with Gasteiger partial charge in [-0.2, -0.15) is 0 Å². The highest BCUT2D eigenvalue weighted by atomic mass is 79.9. The monoisotopic (exact) mass is 293 g/mol. The lowest BCUT2D eigenvalue weighted by atomic mass is 10.2. The Morgan fingerprint density at radius 1 is 1.53 bits per heavy atom. The van der Waals surface area contributed by atoms with Crippen molar-refractivity contribution in [3.8, 4) is 0 Å². The molecule has 84 valence electrons. The molecule has 0 saturated carbocycles. The van der Waals surface area contributed by atoms with Gasteiger partial charge in [-0.15, -0.1) is 11.6 Å². The van der Waals surface area contributed by atoms with Crippen LogP contribution in [0, 0.1) is 5.82 Å². The van der Waals surface area contributed by atoms with Crippen molar-refractivity contribution in [2.75, 3.05) is 5.88 Å². The zero-order valence-corrected chi connectivity index (χ0v) is 10.9. The molecule has 1 nitrogen and oxygen atoms in total. The first-order valence-electron chi connectivity index (χ1n) is 4.86. The molecule has 0 aromatic heterocycles. The topological polar surface area (TPSA) is 12.0 Å². The number of hydrogen-bond donors (Lipinski definition) is 1. The Balaban J connectivity index is 2.53. The van der Waals surface area contributed by atoms with Crippen molar-refractivity contribution < 1.29 is 4.39 Å². The smallest absolute Gasteiger partial charge is 0.127 e. The van der Waals surface area contributed by atoms with E-state index in [0.29, 0.717) is 24.0 Å². The minimum Gasteiger partial charge on any atom is -0.310 e. The average molecular weight is 295 g/mol. The molecule has 0 saturated heterocycles. The number of alkyl halides is 1. The van der Waals surface area contributed by atoms with Crippen LogP contribution in [-0.2, 0) is 6.54 Å². The quantitative estimate of drug-likeness (QED) is 0.817. The molecule has 0 aliphatic carbocycles. The summed E-state index contributed by atoms with van der Waals surface area (Å²) in [4.78, 5) is 0. The Labute approximate surface area is 103 Å². The highest BCUT2D eigenvalue weighted by Gasteiger charge is 2.05. The number of hydrogen-bond acceptors (Lipinski definition) is 1. The molecule has 0 aliphatic heterocycles. The Hall–Kier alpha value is -0.120. The average Bonchev–Trinajstić information content (AvgIpc) is 2.20. The van der Waals surface area contributed by atoms with Crippen LogP contribution in [0.2, 0.25) is 0 Å². The van der Waals surface area contributed by atoms with Gasteiger partial charge in [0.1, 0.15) is 5.82 Å². The van der Waals surface area contributed by atoms with Crippen LogP contribution in [0.5, 0.6) is 0 Å². The molecule has 0 bridgehead atoms. The molecule has 0 spiro atoms. The van der Waals surface area contributed by atoms with Crippen molar-refractivity contribution in [2.24, 2.45) is 0 Å². The van der Waals surface area contributed by atoms with Crippen LogP contribution in [-0.4, -0.2) is 11.9 Å². The second-order valence-electron chi connectivity index (χ2n) is 3.50. The third-order valence-corrected chi connectivity index (χ3v) is 2.90. The summed E-state index contributed by atoms with van der Waals surface area (Å²) in [7, 11) is 0. The summed E-state index contributed by atoms with van der Waals surface area (Å²) in [5, 5.41) is 3.22. The van der Waals surface area contributed by atoms with Gasteiger partial charge in [-0.1, -0.05) is 15.9 Å². The van der Waals surface area contributed by atoms with E-state index in [4.69, 9.17) is 11.6 Å². The molecule has 1 N–H and O–H groups in total. The van der Waals surface area contributed by atoms with Crippen LogP contribution in [0.3, 0.4) is 0 Å². The number of nitrogens with one attached hydrogen (secondary N) is 1. The summed E-state index contributed by atoms with van der Waals surface area (Å²) in [5.74, 6) is 0.443. The van der Waals surface area contributed by atoms with E-state index < -0.39 is 0 Å². The van der Waals surface area contributed by atoms with E-state index in [1.807, 2.05) is 6.92 Å². The minimum absolute atomic E-state index is 0.177. The fraction of sp³-hybridized carbons (Fsp3) is 0.455. The van der Waals surface area contributed by atoms with E-state index in [1.165, 1.54) is 6.07 Å². The minimum atomic E-state index is -0.177. The summed E-state index contributed by atoms with van der Waals surface area (Å²) in [6, 6.07) is 5.25. The van der Waals surface area contributed by atoms with E-state index in [2.05, 4.69) is 21.2 Å². The van der Waals surface area contributed by atoms with Crippen LogP contribution in [0.1, 0.15) is 18.9 Å². The molecule has 0 radical (unpaired) electrons. The highest BCUT2D eigenvalue weighted by molar-refractivity contribution is 9.10. The normalized spacial score (nSPS) is 12.8. The summed E-state index contributed by atoms with van der Waals surface area (Å²) >= 11 is 8.93. The molecule has 1 aromatic carbocycles. The first-order chi connectivity index (χ1) is 7.13. The molecular formula is C11H14BrClFN. The fourth-order valence-corrected chi connectivity index (χ4v) is 1.96. The molecule has 0 amide bonds. The SMILES string of the molecule is CC(CCCl)NCc1cc(Br)ccc1F. The third kappa shape index (κ3) is 4.49. The molecule has 1 unspecified atom stereocenters. The van der Waals surface area contributed by atoms with Gasteiger partial charge in [-0.05, 0) is 31.5 Å². The van der Waals surface area contributed by atoms with Crippen molar-refractivity contribution in [2.45, 2.75) is 25.9 Å². The molecule has 1 atom stereocenters. The van der Waals surface area contributed by atoms with Crippen molar-refractivity contribution in [3.63, 3.8) is 0 Å². The van der Waals surface area contributed by atoms with Gasteiger partial charge in [0.05, 0.1) is 0 Å². The second kappa shape index (κ2) is 6.46. The molecule has 0 fully saturated rings. The van der Waals surface area contributed by atoms with Crippen LogP contribution < -0.4 is 5.32 Å². The van der Waals surface area contributed by atoms with Gasteiger partial charge in [0.25, 0.3) is 0 Å². The first kappa shape index (κ1) is 12.9. The fourth-order valence-electron chi connectivity index (χ4n) is 1.23. The van der Waals surface area contributed by atoms with E-state index in [9.17, 15) is 4.39 Å². The lowest BCUT2D eigenvalue weighted by Gasteiger charge is -2.12. The maximum absolute atomic E-state index is 13.3. The van der Waals surface area contributed by atoms with Crippen molar-refractivity contribution in [1.82, 2.24) is 5.32 Å². The van der Waals surface area contributed by atoms with Crippen LogP contribution in [0.15, 0.2) is 22.7 Å². The Morgan fingerprint density at radius 2 is 2.27 bits per heavy atom. The van der Waals surface area contributed by atoms with Gasteiger partial charge < -0.3 is 5.32 Å². The Bertz CT molecular complexity index is 319. The molecule has 1 rings (SSSR count). The Kier molecular flexibility index (Phi) is 5.58. The molecule has 0 aliphatic rings. The summed E-state index contributed by atoms with van der Waals surface area (Å²) in [5.41, 5.74) is 0.672. The molecule has 15 heavy (non-hydrogen) atoms. The molecule has 0 heterocycles. The summed E-state index contributed by atoms with van der Waals surface area (Å²) in [6.45, 7) is 2.57. The van der Waals surface area contributed by atoms with E-state index in [-0.39, 0.29) is 5.82 Å². The standard InChI is InChI=1S/C11H14BrClFN/c1-8(4-5-13)15-7-9-6-10(12)2-3-11(9)14/h2-3,6,8,15H,4-5,7H2,1H3. The predicted octanol–water partition coefficient (Wildman–Crippen LogP) is 3.70. The van der Waals surface area contributed by atoms with Gasteiger partial charge >= 0.3 is 0 Å². The highest BCUT2D eigenvalue weighted by Crippen LogP contribution is 2.15. The Morgan fingerprint density at radius 3 is 2.93 bits per heavy atom. The van der Waals surface area contributed by atoms with Crippen LogP contribution >= 0.6 is 27.5 Å². The third-order valence-electron chi connectivity index (χ3n) is 2.19. The number of benzene rings is 1. The zero-order chi connectivity index (χ0) is 11.3. The van der Waals surface area contributed by atoms with Crippen molar-refractivity contribution in [1.29, 1.82) is 0 Å². The second-order valence-corrected chi connectivity index (χ2v) is 4.79. The van der Waals surface area contributed by atoms with Crippen molar-refractivity contribution in [3.05, 3.63) is 34.1 Å². The lowest BCUT2D eigenvalue weighted by molar-refractivity contribution is 0.518. The predicted molar refractivity (Wildman–Crippen MR) is 65.7 cm³/mol. The molecular weight excluding hydrogens is 280 g/mol. The van der Waals surface area contributed by atoms with E-state index in [0.717, 1.165) is 10.9 Å². The van der Waals surface area contributed by atoms with E-state index >= 15 is 0 Å². The van der Waals surface area contributed by atoms with Crippen LogP contribution in [0.4, 0.5) is 4.39 Å². The maximum atomic E-state index is 13.3.